The number of nitrogens with zero attached hydrogens (tertiary/aromatic N) is 1. The zero-order chi connectivity index (χ0) is 15.9. The molecule has 1 aromatic carbocycles. The molecular weight excluding hydrogens is 288 g/mol. The summed E-state index contributed by atoms with van der Waals surface area (Å²) in [7, 11) is 0. The first kappa shape index (κ1) is 16.7. The summed E-state index contributed by atoms with van der Waals surface area (Å²) < 4.78 is 26.0. The van der Waals surface area contributed by atoms with E-state index in [4.69, 9.17) is 0 Å². The number of halogens is 2. The topological polar surface area (TPSA) is 44.4 Å². The lowest BCUT2D eigenvalue weighted by molar-refractivity contribution is 0.190. The van der Waals surface area contributed by atoms with Gasteiger partial charge in [-0.1, -0.05) is 6.92 Å². The summed E-state index contributed by atoms with van der Waals surface area (Å²) in [5.74, 6) is -0.615. The second-order valence-corrected chi connectivity index (χ2v) is 5.92. The van der Waals surface area contributed by atoms with Crippen LogP contribution in [0.5, 0.6) is 0 Å². The standard InChI is InChI=1S/C16H23F2N3O/c1-12-3-7-21(8-4-12)6-2-5-19-16(22)20-15-10-13(17)9-14(18)11-15/h9-12H,2-8H2,1H3,(H2,19,20,22). The van der Waals surface area contributed by atoms with E-state index in [1.807, 2.05) is 0 Å². The molecule has 2 rings (SSSR count). The van der Waals surface area contributed by atoms with Crippen LogP contribution in [0.1, 0.15) is 26.2 Å². The van der Waals surface area contributed by atoms with Gasteiger partial charge in [0.2, 0.25) is 0 Å². The summed E-state index contributed by atoms with van der Waals surface area (Å²) >= 11 is 0. The number of benzene rings is 1. The Balaban J connectivity index is 1.63. The van der Waals surface area contributed by atoms with Crippen molar-refractivity contribution in [1.29, 1.82) is 0 Å². The van der Waals surface area contributed by atoms with Crippen molar-refractivity contribution in [3.05, 3.63) is 29.8 Å². The number of hydrogen-bond acceptors (Lipinski definition) is 2. The van der Waals surface area contributed by atoms with Crippen LogP contribution in [-0.2, 0) is 0 Å². The van der Waals surface area contributed by atoms with Gasteiger partial charge in [0.15, 0.2) is 0 Å². The Morgan fingerprint density at radius 1 is 1.23 bits per heavy atom. The number of anilines is 1. The molecule has 1 aliphatic rings. The third-order valence-corrected chi connectivity index (χ3v) is 3.93. The molecule has 0 aliphatic carbocycles. The van der Waals surface area contributed by atoms with Crippen molar-refractivity contribution in [2.75, 3.05) is 31.5 Å². The lowest BCUT2D eigenvalue weighted by Gasteiger charge is -2.30. The van der Waals surface area contributed by atoms with E-state index in [2.05, 4.69) is 22.5 Å². The highest BCUT2D eigenvalue weighted by Crippen LogP contribution is 2.15. The molecule has 0 atom stereocenters. The molecule has 0 saturated carbocycles. The molecule has 4 nitrogen and oxygen atoms in total. The highest BCUT2D eigenvalue weighted by Gasteiger charge is 2.14. The third-order valence-electron chi connectivity index (χ3n) is 3.93. The van der Waals surface area contributed by atoms with Gasteiger partial charge in [0.25, 0.3) is 0 Å². The van der Waals surface area contributed by atoms with E-state index in [1.165, 1.54) is 12.8 Å². The van der Waals surface area contributed by atoms with E-state index in [-0.39, 0.29) is 5.69 Å². The van der Waals surface area contributed by atoms with Crippen molar-refractivity contribution in [3.8, 4) is 0 Å². The zero-order valence-electron chi connectivity index (χ0n) is 12.9. The number of piperidine rings is 1. The first-order chi connectivity index (χ1) is 10.5. The number of amides is 2. The van der Waals surface area contributed by atoms with Gasteiger partial charge in [-0.05, 0) is 56.9 Å². The van der Waals surface area contributed by atoms with Gasteiger partial charge in [-0.3, -0.25) is 0 Å². The first-order valence-electron chi connectivity index (χ1n) is 7.76. The number of rotatable bonds is 5. The Bertz CT molecular complexity index is 482. The molecule has 1 heterocycles. The van der Waals surface area contributed by atoms with Crippen molar-refractivity contribution in [2.45, 2.75) is 26.2 Å². The van der Waals surface area contributed by atoms with Crippen LogP contribution in [-0.4, -0.2) is 37.1 Å². The minimum atomic E-state index is -0.713. The quantitative estimate of drug-likeness (QED) is 0.820. The highest BCUT2D eigenvalue weighted by molar-refractivity contribution is 5.89. The SMILES string of the molecule is CC1CCN(CCCNC(=O)Nc2cc(F)cc(F)c2)CC1. The lowest BCUT2D eigenvalue weighted by atomic mass is 9.99. The molecule has 1 saturated heterocycles. The number of likely N-dealkylation sites (tertiary alicyclic amines) is 1. The van der Waals surface area contributed by atoms with E-state index < -0.39 is 17.7 Å². The minimum absolute atomic E-state index is 0.111. The normalized spacial score (nSPS) is 16.5. The molecule has 122 valence electrons. The van der Waals surface area contributed by atoms with Gasteiger partial charge in [-0.25, -0.2) is 13.6 Å². The monoisotopic (exact) mass is 311 g/mol. The second kappa shape index (κ2) is 8.08. The first-order valence-corrected chi connectivity index (χ1v) is 7.76. The van der Waals surface area contributed by atoms with E-state index in [1.54, 1.807) is 0 Å². The van der Waals surface area contributed by atoms with Crippen LogP contribution in [0.2, 0.25) is 0 Å². The Morgan fingerprint density at radius 2 is 1.86 bits per heavy atom. The molecule has 0 aromatic heterocycles. The van der Waals surface area contributed by atoms with E-state index in [0.29, 0.717) is 6.54 Å². The van der Waals surface area contributed by atoms with Crippen molar-refractivity contribution in [1.82, 2.24) is 10.2 Å². The van der Waals surface area contributed by atoms with Crippen LogP contribution in [0.25, 0.3) is 0 Å². The summed E-state index contributed by atoms with van der Waals surface area (Å²) in [4.78, 5) is 14.1. The van der Waals surface area contributed by atoms with Gasteiger partial charge < -0.3 is 15.5 Å². The molecule has 1 aromatic rings. The molecule has 0 radical (unpaired) electrons. The van der Waals surface area contributed by atoms with Crippen LogP contribution < -0.4 is 10.6 Å². The van der Waals surface area contributed by atoms with Gasteiger partial charge in [0.1, 0.15) is 11.6 Å². The van der Waals surface area contributed by atoms with Crippen molar-refractivity contribution < 1.29 is 13.6 Å². The molecule has 0 unspecified atom stereocenters. The minimum Gasteiger partial charge on any atom is -0.338 e. The van der Waals surface area contributed by atoms with Gasteiger partial charge >= 0.3 is 6.03 Å². The summed E-state index contributed by atoms with van der Waals surface area (Å²) in [5, 5.41) is 5.12. The molecule has 6 heteroatoms. The number of carbonyl (C=O) groups is 1. The van der Waals surface area contributed by atoms with Crippen molar-refractivity contribution >= 4 is 11.7 Å². The van der Waals surface area contributed by atoms with Crippen LogP contribution in [0.3, 0.4) is 0 Å². The average Bonchev–Trinajstić information content (AvgIpc) is 2.44. The summed E-state index contributed by atoms with van der Waals surface area (Å²) in [6, 6.07) is 2.48. The largest absolute Gasteiger partial charge is 0.338 e. The lowest BCUT2D eigenvalue weighted by Crippen LogP contribution is -2.36. The fourth-order valence-corrected chi connectivity index (χ4v) is 2.59. The van der Waals surface area contributed by atoms with Gasteiger partial charge in [-0.2, -0.15) is 0 Å². The van der Waals surface area contributed by atoms with Gasteiger partial charge in [-0.15, -0.1) is 0 Å². The smallest absolute Gasteiger partial charge is 0.319 e. The van der Waals surface area contributed by atoms with E-state index in [9.17, 15) is 13.6 Å². The molecule has 0 bridgehead atoms. The second-order valence-electron chi connectivity index (χ2n) is 5.92. The zero-order valence-corrected chi connectivity index (χ0v) is 12.9. The molecule has 1 aliphatic heterocycles. The third kappa shape index (κ3) is 5.60. The number of urea groups is 1. The van der Waals surface area contributed by atoms with Crippen molar-refractivity contribution in [2.24, 2.45) is 5.92 Å². The van der Waals surface area contributed by atoms with Crippen LogP contribution in [0.4, 0.5) is 19.3 Å². The van der Waals surface area contributed by atoms with E-state index >= 15 is 0 Å². The Morgan fingerprint density at radius 3 is 2.50 bits per heavy atom. The summed E-state index contributed by atoms with van der Waals surface area (Å²) in [6.45, 7) is 6.02. The highest BCUT2D eigenvalue weighted by atomic mass is 19.1. The van der Waals surface area contributed by atoms with Crippen LogP contribution in [0, 0.1) is 17.6 Å². The van der Waals surface area contributed by atoms with Gasteiger partial charge in [0.05, 0.1) is 0 Å². The fourth-order valence-electron chi connectivity index (χ4n) is 2.59. The van der Waals surface area contributed by atoms with E-state index in [0.717, 1.165) is 50.2 Å². The molecule has 0 spiro atoms. The Labute approximate surface area is 129 Å². The van der Waals surface area contributed by atoms with Gasteiger partial charge in [0, 0.05) is 18.3 Å². The predicted octanol–water partition coefficient (Wildman–Crippen LogP) is 3.21. The molecular formula is C16H23F2N3O. The number of nitrogens with one attached hydrogen (secondary N) is 2. The molecule has 2 N–H and O–H groups in total. The van der Waals surface area contributed by atoms with Crippen LogP contribution >= 0.6 is 0 Å². The van der Waals surface area contributed by atoms with Crippen LogP contribution in [0.15, 0.2) is 18.2 Å². The predicted molar refractivity (Wildman–Crippen MR) is 82.8 cm³/mol. The van der Waals surface area contributed by atoms with Crippen molar-refractivity contribution in [3.63, 3.8) is 0 Å². The summed E-state index contributed by atoms with van der Waals surface area (Å²) in [6.07, 6.45) is 3.33. The fraction of sp³-hybridized carbons (Fsp3) is 0.562. The number of hydrogen-bond donors (Lipinski definition) is 2. The Hall–Kier alpha value is -1.69. The average molecular weight is 311 g/mol. The number of carbonyl (C=O) groups excluding carboxylic acids is 1. The summed E-state index contributed by atoms with van der Waals surface area (Å²) in [5.41, 5.74) is 0.111. The Kier molecular flexibility index (Phi) is 6.12. The maximum atomic E-state index is 13.0. The molecule has 22 heavy (non-hydrogen) atoms. The molecule has 2 amide bonds. The molecule has 1 fully saturated rings. The maximum absolute atomic E-state index is 13.0. The maximum Gasteiger partial charge on any atom is 0.319 e.